The summed E-state index contributed by atoms with van der Waals surface area (Å²) in [5.74, 6) is -0.540. The molecule has 158 valence electrons. The van der Waals surface area contributed by atoms with E-state index in [1.807, 2.05) is 31.2 Å². The number of amides is 1. The molecule has 0 aliphatic rings. The number of nitrogens with one attached hydrogen (secondary N) is 1. The highest BCUT2D eigenvalue weighted by atomic mass is 32.2. The second-order valence-electron chi connectivity index (χ2n) is 6.60. The Morgan fingerprint density at radius 3 is 2.65 bits per heavy atom. The smallest absolute Gasteiger partial charge is 0.325 e. The molecule has 1 N–H and O–H groups in total. The van der Waals surface area contributed by atoms with E-state index in [2.05, 4.69) is 25.6 Å². The fourth-order valence-corrected chi connectivity index (χ4v) is 3.53. The Balaban J connectivity index is 1.48. The lowest BCUT2D eigenvalue weighted by Crippen LogP contribution is -2.15. The number of hydrogen-bond acceptors (Lipinski definition) is 6. The molecule has 0 spiro atoms. The summed E-state index contributed by atoms with van der Waals surface area (Å²) in [5.41, 5.74) is 2.04. The molecule has 0 fully saturated rings. The van der Waals surface area contributed by atoms with Crippen molar-refractivity contribution >= 4 is 34.5 Å². The first-order valence-electron chi connectivity index (χ1n) is 9.04. The predicted octanol–water partition coefficient (Wildman–Crippen LogP) is 4.27. The lowest BCUT2D eigenvalue weighted by molar-refractivity contribution is -0.137. The standard InChI is InChI=1S/C20H15F3N6OS/c1-12-5-7-15(8-6-12)29-18-17(27-28-29)19(25-11-24-18)31-10-16(30)26-14-4-2-3-13(9-14)20(21,22)23/h2-9,11H,10H2,1H3,(H,26,30). The van der Waals surface area contributed by atoms with Gasteiger partial charge >= 0.3 is 6.18 Å². The summed E-state index contributed by atoms with van der Waals surface area (Å²) < 4.78 is 40.0. The van der Waals surface area contributed by atoms with Gasteiger partial charge in [-0.2, -0.15) is 17.9 Å². The van der Waals surface area contributed by atoms with Crippen molar-refractivity contribution in [2.45, 2.75) is 18.1 Å². The molecule has 0 saturated heterocycles. The zero-order valence-electron chi connectivity index (χ0n) is 16.1. The third-order valence-electron chi connectivity index (χ3n) is 4.30. The molecule has 0 atom stereocenters. The zero-order chi connectivity index (χ0) is 22.0. The molecule has 2 aromatic heterocycles. The number of anilines is 1. The molecule has 0 radical (unpaired) electrons. The average Bonchev–Trinajstić information content (AvgIpc) is 3.17. The van der Waals surface area contributed by atoms with Crippen molar-refractivity contribution in [3.8, 4) is 5.69 Å². The molecule has 31 heavy (non-hydrogen) atoms. The van der Waals surface area contributed by atoms with Gasteiger partial charge in [0.1, 0.15) is 11.4 Å². The Morgan fingerprint density at radius 2 is 1.90 bits per heavy atom. The van der Waals surface area contributed by atoms with E-state index in [9.17, 15) is 18.0 Å². The number of benzene rings is 2. The van der Waals surface area contributed by atoms with Crippen LogP contribution in [0.5, 0.6) is 0 Å². The van der Waals surface area contributed by atoms with Crippen molar-refractivity contribution in [3.05, 3.63) is 66.0 Å². The van der Waals surface area contributed by atoms with Gasteiger partial charge in [-0.15, -0.1) is 5.10 Å². The Kier molecular flexibility index (Phi) is 5.59. The van der Waals surface area contributed by atoms with Crippen molar-refractivity contribution < 1.29 is 18.0 Å². The number of hydrogen-bond donors (Lipinski definition) is 1. The van der Waals surface area contributed by atoms with Gasteiger partial charge in [0, 0.05) is 5.69 Å². The van der Waals surface area contributed by atoms with Crippen molar-refractivity contribution in [1.29, 1.82) is 0 Å². The quantitative estimate of drug-likeness (QED) is 0.366. The number of alkyl halides is 3. The second-order valence-corrected chi connectivity index (χ2v) is 7.57. The highest BCUT2D eigenvalue weighted by molar-refractivity contribution is 8.00. The maximum Gasteiger partial charge on any atom is 0.416 e. The number of carbonyl (C=O) groups excluding carboxylic acids is 1. The first-order valence-corrected chi connectivity index (χ1v) is 10.0. The molecule has 0 saturated carbocycles. The summed E-state index contributed by atoms with van der Waals surface area (Å²) in [7, 11) is 0. The van der Waals surface area contributed by atoms with Gasteiger partial charge in [-0.25, -0.2) is 9.97 Å². The molecule has 4 rings (SSSR count). The number of carbonyl (C=O) groups is 1. The summed E-state index contributed by atoms with van der Waals surface area (Å²) >= 11 is 1.10. The molecule has 2 heterocycles. The first kappa shape index (κ1) is 20.8. The molecular formula is C20H15F3N6OS. The summed E-state index contributed by atoms with van der Waals surface area (Å²) in [6.45, 7) is 1.98. The van der Waals surface area contributed by atoms with Crippen molar-refractivity contribution in [1.82, 2.24) is 25.0 Å². The van der Waals surface area contributed by atoms with E-state index in [-0.39, 0.29) is 11.4 Å². The minimum absolute atomic E-state index is 0.0681. The largest absolute Gasteiger partial charge is 0.416 e. The predicted molar refractivity (Wildman–Crippen MR) is 110 cm³/mol. The van der Waals surface area contributed by atoms with Crippen LogP contribution in [0, 0.1) is 6.92 Å². The molecule has 2 aromatic carbocycles. The Bertz CT molecular complexity index is 1240. The van der Waals surface area contributed by atoms with Crippen LogP contribution in [0.15, 0.2) is 59.9 Å². The number of rotatable bonds is 5. The van der Waals surface area contributed by atoms with E-state index in [1.165, 1.54) is 18.5 Å². The first-order chi connectivity index (χ1) is 14.8. The van der Waals surface area contributed by atoms with Crippen LogP contribution < -0.4 is 5.32 Å². The van der Waals surface area contributed by atoms with Gasteiger partial charge < -0.3 is 5.32 Å². The van der Waals surface area contributed by atoms with E-state index in [0.29, 0.717) is 16.2 Å². The van der Waals surface area contributed by atoms with Crippen LogP contribution in [-0.2, 0) is 11.0 Å². The SMILES string of the molecule is Cc1ccc(-n2nnc3c(SCC(=O)Nc4cccc(C(F)(F)F)c4)ncnc32)cc1. The van der Waals surface area contributed by atoms with E-state index < -0.39 is 17.6 Å². The topological polar surface area (TPSA) is 85.6 Å². The van der Waals surface area contributed by atoms with Crippen LogP contribution in [-0.4, -0.2) is 36.6 Å². The molecule has 0 aliphatic carbocycles. The summed E-state index contributed by atoms with van der Waals surface area (Å²) in [4.78, 5) is 20.6. The Labute approximate surface area is 178 Å². The van der Waals surface area contributed by atoms with Gasteiger partial charge in [-0.3, -0.25) is 4.79 Å². The fraction of sp³-hybridized carbons (Fsp3) is 0.150. The van der Waals surface area contributed by atoms with Crippen LogP contribution in [0.1, 0.15) is 11.1 Å². The van der Waals surface area contributed by atoms with Crippen LogP contribution >= 0.6 is 11.8 Å². The monoisotopic (exact) mass is 444 g/mol. The van der Waals surface area contributed by atoms with E-state index >= 15 is 0 Å². The second kappa shape index (κ2) is 8.34. The molecule has 0 bridgehead atoms. The maximum atomic E-state index is 12.8. The Morgan fingerprint density at radius 1 is 1.13 bits per heavy atom. The highest BCUT2D eigenvalue weighted by Gasteiger charge is 2.30. The molecule has 4 aromatic rings. The molecular weight excluding hydrogens is 429 g/mol. The number of thioether (sulfide) groups is 1. The molecule has 0 unspecified atom stereocenters. The van der Waals surface area contributed by atoms with Crippen LogP contribution in [0.4, 0.5) is 18.9 Å². The normalized spacial score (nSPS) is 11.6. The van der Waals surface area contributed by atoms with Gasteiger partial charge in [0.25, 0.3) is 0 Å². The molecule has 1 amide bonds. The average molecular weight is 444 g/mol. The van der Waals surface area contributed by atoms with Gasteiger partial charge in [0.05, 0.1) is 17.0 Å². The lowest BCUT2D eigenvalue weighted by atomic mass is 10.2. The third-order valence-corrected chi connectivity index (χ3v) is 5.28. The number of fused-ring (bicyclic) bond motifs is 1. The van der Waals surface area contributed by atoms with Crippen molar-refractivity contribution in [2.24, 2.45) is 0 Å². The molecule has 11 heteroatoms. The summed E-state index contributed by atoms with van der Waals surface area (Å²) in [5, 5.41) is 11.2. The third kappa shape index (κ3) is 4.66. The maximum absolute atomic E-state index is 12.8. The van der Waals surface area contributed by atoms with E-state index in [1.54, 1.807) is 4.68 Å². The Hall–Kier alpha value is -3.47. The molecule has 0 aliphatic heterocycles. The van der Waals surface area contributed by atoms with Gasteiger partial charge in [0.15, 0.2) is 11.2 Å². The number of aryl methyl sites for hydroxylation is 1. The number of halogens is 3. The van der Waals surface area contributed by atoms with Gasteiger partial charge in [-0.1, -0.05) is 40.7 Å². The lowest BCUT2D eigenvalue weighted by Gasteiger charge is -2.09. The van der Waals surface area contributed by atoms with Gasteiger partial charge in [0.2, 0.25) is 5.91 Å². The van der Waals surface area contributed by atoms with Crippen molar-refractivity contribution in [3.63, 3.8) is 0 Å². The number of nitrogens with zero attached hydrogens (tertiary/aromatic N) is 5. The van der Waals surface area contributed by atoms with Gasteiger partial charge in [-0.05, 0) is 37.3 Å². The van der Waals surface area contributed by atoms with Crippen LogP contribution in [0.3, 0.4) is 0 Å². The minimum Gasteiger partial charge on any atom is -0.325 e. The zero-order valence-corrected chi connectivity index (χ0v) is 16.9. The van der Waals surface area contributed by atoms with Crippen molar-refractivity contribution in [2.75, 3.05) is 11.1 Å². The van der Waals surface area contributed by atoms with Crippen LogP contribution in [0.2, 0.25) is 0 Å². The van der Waals surface area contributed by atoms with Crippen LogP contribution in [0.25, 0.3) is 16.9 Å². The fourth-order valence-electron chi connectivity index (χ4n) is 2.80. The number of aromatic nitrogens is 5. The molecule has 7 nitrogen and oxygen atoms in total. The van der Waals surface area contributed by atoms with E-state index in [4.69, 9.17) is 0 Å². The summed E-state index contributed by atoms with van der Waals surface area (Å²) in [6.07, 6.45) is -3.13. The van der Waals surface area contributed by atoms with E-state index in [0.717, 1.165) is 35.1 Å². The minimum atomic E-state index is -4.48. The summed E-state index contributed by atoms with van der Waals surface area (Å²) in [6, 6.07) is 12.1. The highest BCUT2D eigenvalue weighted by Crippen LogP contribution is 2.31.